The van der Waals surface area contributed by atoms with E-state index in [1.54, 1.807) is 0 Å². The molecule has 4 heteroatoms. The molecule has 1 aliphatic heterocycles. The first-order chi connectivity index (χ1) is 9.63. The molecule has 0 atom stereocenters. The topological polar surface area (TPSA) is 31.6 Å². The second-order valence-electron chi connectivity index (χ2n) is 6.23. The van der Waals surface area contributed by atoms with Gasteiger partial charge in [-0.2, -0.15) is 0 Å². The van der Waals surface area contributed by atoms with Crippen LogP contribution in [0.5, 0.6) is 0 Å². The molecular formula is C16H29N3O. The Balaban J connectivity index is 1.57. The summed E-state index contributed by atoms with van der Waals surface area (Å²) in [6.07, 6.45) is 2.63. The van der Waals surface area contributed by atoms with Crippen LogP contribution in [0.4, 0.5) is 0 Å². The van der Waals surface area contributed by atoms with Crippen molar-refractivity contribution in [1.82, 2.24) is 15.1 Å². The quantitative estimate of drug-likeness (QED) is 0.827. The standard InChI is InChI=1S/C16H29N3O/c1-14-4-5-16(20-14)13-17-12-15-6-8-19(9-7-15)11-10-18(2)3/h4-5,15,17H,6-13H2,1-3H3. The van der Waals surface area contributed by atoms with Crippen LogP contribution in [-0.4, -0.2) is 56.6 Å². The average Bonchev–Trinajstić information content (AvgIpc) is 2.83. The molecule has 2 rings (SSSR count). The van der Waals surface area contributed by atoms with E-state index in [4.69, 9.17) is 4.42 Å². The first-order valence-corrected chi connectivity index (χ1v) is 7.76. The van der Waals surface area contributed by atoms with Crippen LogP contribution in [-0.2, 0) is 6.54 Å². The fourth-order valence-corrected chi connectivity index (χ4v) is 2.74. The van der Waals surface area contributed by atoms with E-state index in [9.17, 15) is 0 Å². The fraction of sp³-hybridized carbons (Fsp3) is 0.750. The van der Waals surface area contributed by atoms with Gasteiger partial charge in [-0.05, 0) is 71.5 Å². The third-order valence-electron chi connectivity index (χ3n) is 4.10. The molecular weight excluding hydrogens is 250 g/mol. The third kappa shape index (κ3) is 5.27. The van der Waals surface area contributed by atoms with Crippen molar-refractivity contribution in [2.24, 2.45) is 5.92 Å². The van der Waals surface area contributed by atoms with Crippen molar-refractivity contribution in [1.29, 1.82) is 0 Å². The third-order valence-corrected chi connectivity index (χ3v) is 4.10. The van der Waals surface area contributed by atoms with Gasteiger partial charge >= 0.3 is 0 Å². The van der Waals surface area contributed by atoms with E-state index in [0.29, 0.717) is 0 Å². The van der Waals surface area contributed by atoms with E-state index in [2.05, 4.69) is 35.3 Å². The van der Waals surface area contributed by atoms with E-state index in [0.717, 1.165) is 30.5 Å². The highest BCUT2D eigenvalue weighted by Crippen LogP contribution is 2.16. The minimum absolute atomic E-state index is 0.821. The number of furan rings is 1. The molecule has 0 saturated carbocycles. The van der Waals surface area contributed by atoms with E-state index < -0.39 is 0 Å². The van der Waals surface area contributed by atoms with Crippen LogP contribution in [0.3, 0.4) is 0 Å². The molecule has 114 valence electrons. The molecule has 1 saturated heterocycles. The molecule has 0 bridgehead atoms. The Bertz CT molecular complexity index is 381. The largest absolute Gasteiger partial charge is 0.465 e. The highest BCUT2D eigenvalue weighted by molar-refractivity contribution is 5.05. The number of nitrogens with zero attached hydrogens (tertiary/aromatic N) is 2. The molecule has 20 heavy (non-hydrogen) atoms. The van der Waals surface area contributed by atoms with Gasteiger partial charge in [0.25, 0.3) is 0 Å². The van der Waals surface area contributed by atoms with Crippen molar-refractivity contribution in [2.45, 2.75) is 26.3 Å². The Morgan fingerprint density at radius 1 is 1.30 bits per heavy atom. The van der Waals surface area contributed by atoms with Crippen molar-refractivity contribution < 1.29 is 4.42 Å². The van der Waals surface area contributed by atoms with Gasteiger partial charge in [0.1, 0.15) is 11.5 Å². The maximum atomic E-state index is 5.57. The molecule has 0 radical (unpaired) electrons. The van der Waals surface area contributed by atoms with Crippen LogP contribution in [0.1, 0.15) is 24.4 Å². The van der Waals surface area contributed by atoms with Crippen LogP contribution in [0.15, 0.2) is 16.5 Å². The zero-order valence-corrected chi connectivity index (χ0v) is 13.2. The zero-order chi connectivity index (χ0) is 14.4. The first kappa shape index (κ1) is 15.5. The maximum Gasteiger partial charge on any atom is 0.117 e. The molecule has 0 unspecified atom stereocenters. The Hall–Kier alpha value is -0.840. The van der Waals surface area contributed by atoms with Crippen molar-refractivity contribution in [3.05, 3.63) is 23.7 Å². The summed E-state index contributed by atoms with van der Waals surface area (Å²) in [7, 11) is 4.29. The van der Waals surface area contributed by atoms with E-state index >= 15 is 0 Å². The Morgan fingerprint density at radius 3 is 2.65 bits per heavy atom. The maximum absolute atomic E-state index is 5.57. The van der Waals surface area contributed by atoms with Crippen LogP contribution in [0.2, 0.25) is 0 Å². The summed E-state index contributed by atoms with van der Waals surface area (Å²) in [6.45, 7) is 8.84. The van der Waals surface area contributed by atoms with Crippen LogP contribution >= 0.6 is 0 Å². The molecule has 1 aliphatic rings. The number of hydrogen-bond acceptors (Lipinski definition) is 4. The smallest absolute Gasteiger partial charge is 0.117 e. The SMILES string of the molecule is Cc1ccc(CNCC2CCN(CCN(C)C)CC2)o1. The molecule has 0 spiro atoms. The second kappa shape index (κ2) is 7.81. The molecule has 0 aliphatic carbocycles. The molecule has 1 fully saturated rings. The minimum Gasteiger partial charge on any atom is -0.465 e. The van der Waals surface area contributed by atoms with Crippen molar-refractivity contribution in [3.8, 4) is 0 Å². The summed E-state index contributed by atoms with van der Waals surface area (Å²) in [5.41, 5.74) is 0. The Labute approximate surface area is 123 Å². The van der Waals surface area contributed by atoms with Gasteiger partial charge in [-0.3, -0.25) is 0 Å². The van der Waals surface area contributed by atoms with Crippen LogP contribution < -0.4 is 5.32 Å². The van der Waals surface area contributed by atoms with Gasteiger partial charge in [-0.15, -0.1) is 0 Å². The van der Waals surface area contributed by atoms with Gasteiger partial charge < -0.3 is 19.5 Å². The molecule has 4 nitrogen and oxygen atoms in total. The molecule has 2 heterocycles. The van der Waals surface area contributed by atoms with Gasteiger partial charge in [-0.1, -0.05) is 0 Å². The number of nitrogens with one attached hydrogen (secondary N) is 1. The lowest BCUT2D eigenvalue weighted by Gasteiger charge is -2.32. The van der Waals surface area contributed by atoms with Crippen LogP contribution in [0, 0.1) is 12.8 Å². The van der Waals surface area contributed by atoms with Gasteiger partial charge in [0.15, 0.2) is 0 Å². The number of hydrogen-bond donors (Lipinski definition) is 1. The van der Waals surface area contributed by atoms with E-state index in [-0.39, 0.29) is 0 Å². The first-order valence-electron chi connectivity index (χ1n) is 7.76. The predicted molar refractivity (Wildman–Crippen MR) is 82.9 cm³/mol. The number of likely N-dealkylation sites (N-methyl/N-ethyl adjacent to an activating group) is 1. The molecule has 1 aromatic heterocycles. The molecule has 1 N–H and O–H groups in total. The number of piperidine rings is 1. The van der Waals surface area contributed by atoms with E-state index in [1.165, 1.54) is 39.0 Å². The summed E-state index contributed by atoms with van der Waals surface area (Å²) >= 11 is 0. The highest BCUT2D eigenvalue weighted by Gasteiger charge is 2.18. The lowest BCUT2D eigenvalue weighted by molar-refractivity contribution is 0.168. The number of likely N-dealkylation sites (tertiary alicyclic amines) is 1. The Morgan fingerprint density at radius 2 is 2.05 bits per heavy atom. The summed E-state index contributed by atoms with van der Waals surface area (Å²) in [5.74, 6) is 2.86. The molecule has 1 aromatic rings. The van der Waals surface area contributed by atoms with Gasteiger partial charge in [0, 0.05) is 13.1 Å². The predicted octanol–water partition coefficient (Wildman–Crippen LogP) is 1.95. The van der Waals surface area contributed by atoms with Gasteiger partial charge in [0.05, 0.1) is 6.54 Å². The minimum atomic E-state index is 0.821. The van der Waals surface area contributed by atoms with Crippen molar-refractivity contribution in [2.75, 3.05) is 46.8 Å². The van der Waals surface area contributed by atoms with E-state index in [1.807, 2.05) is 13.0 Å². The molecule has 0 aromatic carbocycles. The lowest BCUT2D eigenvalue weighted by Crippen LogP contribution is -2.40. The summed E-state index contributed by atoms with van der Waals surface area (Å²) < 4.78 is 5.57. The van der Waals surface area contributed by atoms with Gasteiger partial charge in [0.2, 0.25) is 0 Å². The van der Waals surface area contributed by atoms with Gasteiger partial charge in [-0.25, -0.2) is 0 Å². The zero-order valence-electron chi connectivity index (χ0n) is 13.2. The monoisotopic (exact) mass is 279 g/mol. The fourth-order valence-electron chi connectivity index (χ4n) is 2.74. The average molecular weight is 279 g/mol. The van der Waals surface area contributed by atoms with Crippen molar-refractivity contribution >= 4 is 0 Å². The molecule has 0 amide bonds. The summed E-state index contributed by atoms with van der Waals surface area (Å²) in [6, 6.07) is 4.09. The Kier molecular flexibility index (Phi) is 6.07. The summed E-state index contributed by atoms with van der Waals surface area (Å²) in [4.78, 5) is 4.85. The normalized spacial score (nSPS) is 18.0. The highest BCUT2D eigenvalue weighted by atomic mass is 16.3. The number of aryl methyl sites for hydroxylation is 1. The number of rotatable bonds is 7. The lowest BCUT2D eigenvalue weighted by atomic mass is 9.97. The van der Waals surface area contributed by atoms with Crippen LogP contribution in [0.25, 0.3) is 0 Å². The summed E-state index contributed by atoms with van der Waals surface area (Å²) in [5, 5.41) is 3.53. The van der Waals surface area contributed by atoms with Crippen molar-refractivity contribution in [3.63, 3.8) is 0 Å². The second-order valence-corrected chi connectivity index (χ2v) is 6.23.